The van der Waals surface area contributed by atoms with Gasteiger partial charge in [-0.2, -0.15) is 0 Å². The average Bonchev–Trinajstić information content (AvgIpc) is 3.17. The van der Waals surface area contributed by atoms with Crippen LogP contribution in [0.2, 0.25) is 0 Å². The van der Waals surface area contributed by atoms with Crippen LogP contribution in [0.25, 0.3) is 11.8 Å². The molecule has 0 atom stereocenters. The average molecular weight is 429 g/mol. The summed E-state index contributed by atoms with van der Waals surface area (Å²) in [7, 11) is 4.03. The molecule has 164 valence electrons. The molecule has 6 nitrogen and oxygen atoms in total. The zero-order chi connectivity index (χ0) is 23.0. The molecule has 1 fully saturated rings. The molecule has 0 bridgehead atoms. The van der Waals surface area contributed by atoms with Crippen molar-refractivity contribution in [3.63, 3.8) is 0 Å². The highest BCUT2D eigenvalue weighted by molar-refractivity contribution is 6.14. The molecule has 0 saturated carbocycles. The molecule has 1 saturated heterocycles. The summed E-state index contributed by atoms with van der Waals surface area (Å²) in [5.41, 5.74) is 7.47. The van der Waals surface area contributed by atoms with Crippen LogP contribution < -0.4 is 10.2 Å². The molecule has 6 heteroatoms. The second-order valence-corrected chi connectivity index (χ2v) is 8.44. The van der Waals surface area contributed by atoms with Crippen LogP contribution in [-0.4, -0.2) is 35.5 Å². The van der Waals surface area contributed by atoms with Gasteiger partial charge >= 0.3 is 6.03 Å². The van der Waals surface area contributed by atoms with Gasteiger partial charge in [-0.05, 0) is 68.3 Å². The molecule has 1 N–H and O–H groups in total. The maximum atomic E-state index is 12.9. The molecule has 0 aliphatic carbocycles. The highest BCUT2D eigenvalue weighted by Crippen LogP contribution is 2.25. The molecule has 2 heterocycles. The van der Waals surface area contributed by atoms with Gasteiger partial charge in [0.25, 0.3) is 5.91 Å². The van der Waals surface area contributed by atoms with Crippen molar-refractivity contribution < 1.29 is 9.59 Å². The van der Waals surface area contributed by atoms with Gasteiger partial charge in [-0.1, -0.05) is 29.8 Å². The van der Waals surface area contributed by atoms with E-state index in [0.717, 1.165) is 39.5 Å². The third-order valence-corrected chi connectivity index (χ3v) is 5.78. The number of carbonyl (C=O) groups is 2. The number of aromatic nitrogens is 1. The Bertz CT molecular complexity index is 1220. The van der Waals surface area contributed by atoms with Crippen molar-refractivity contribution in [1.29, 1.82) is 0 Å². The number of imide groups is 1. The Morgan fingerprint density at radius 1 is 0.969 bits per heavy atom. The Hall–Kier alpha value is -3.80. The third kappa shape index (κ3) is 4.04. The van der Waals surface area contributed by atoms with Gasteiger partial charge in [-0.25, -0.2) is 4.79 Å². The van der Waals surface area contributed by atoms with E-state index in [1.54, 1.807) is 6.08 Å². The van der Waals surface area contributed by atoms with E-state index in [4.69, 9.17) is 0 Å². The van der Waals surface area contributed by atoms with Gasteiger partial charge in [-0.3, -0.25) is 9.69 Å². The Morgan fingerprint density at radius 3 is 2.34 bits per heavy atom. The Morgan fingerprint density at radius 2 is 1.69 bits per heavy atom. The molecular weight excluding hydrogens is 400 g/mol. The zero-order valence-corrected chi connectivity index (χ0v) is 19.1. The largest absolute Gasteiger partial charge is 0.378 e. The van der Waals surface area contributed by atoms with E-state index in [9.17, 15) is 9.59 Å². The fourth-order valence-corrected chi connectivity index (χ4v) is 4.09. The molecule has 0 spiro atoms. The van der Waals surface area contributed by atoms with Gasteiger partial charge in [0.2, 0.25) is 0 Å². The lowest BCUT2D eigenvalue weighted by molar-refractivity contribution is -0.123. The SMILES string of the molecule is Cc1cccc(CN2C(=O)N/C(=C/c3cc(C)n(-c4ccc(N(C)C)cc4)c3C)C2=O)c1. The molecule has 32 heavy (non-hydrogen) atoms. The van der Waals surface area contributed by atoms with Crippen molar-refractivity contribution in [2.24, 2.45) is 0 Å². The topological polar surface area (TPSA) is 57.6 Å². The molecule has 1 aliphatic heterocycles. The van der Waals surface area contributed by atoms with Crippen LogP contribution in [0.15, 0.2) is 60.3 Å². The van der Waals surface area contributed by atoms with Gasteiger partial charge in [-0.15, -0.1) is 0 Å². The third-order valence-electron chi connectivity index (χ3n) is 5.78. The van der Waals surface area contributed by atoms with E-state index in [2.05, 4.69) is 39.0 Å². The molecule has 3 amide bonds. The number of nitrogens with zero attached hydrogens (tertiary/aromatic N) is 3. The van der Waals surface area contributed by atoms with Gasteiger partial charge in [0.05, 0.1) is 6.54 Å². The molecule has 1 aromatic heterocycles. The fraction of sp³-hybridized carbons (Fsp3) is 0.231. The number of nitrogens with one attached hydrogen (secondary N) is 1. The van der Waals surface area contributed by atoms with Gasteiger partial charge in [0.15, 0.2) is 0 Å². The summed E-state index contributed by atoms with van der Waals surface area (Å²) in [6, 6.07) is 17.8. The first-order valence-corrected chi connectivity index (χ1v) is 10.6. The van der Waals surface area contributed by atoms with E-state index in [1.165, 1.54) is 4.90 Å². The van der Waals surface area contributed by atoms with Crippen molar-refractivity contribution in [3.8, 4) is 5.69 Å². The molecular formula is C26H28N4O2. The van der Waals surface area contributed by atoms with Crippen LogP contribution >= 0.6 is 0 Å². The molecule has 2 aromatic carbocycles. The monoisotopic (exact) mass is 428 g/mol. The van der Waals surface area contributed by atoms with Crippen molar-refractivity contribution in [3.05, 3.63) is 88.4 Å². The van der Waals surface area contributed by atoms with Crippen LogP contribution in [0.5, 0.6) is 0 Å². The van der Waals surface area contributed by atoms with Crippen molar-refractivity contribution >= 4 is 23.7 Å². The van der Waals surface area contributed by atoms with Crippen LogP contribution in [0.4, 0.5) is 10.5 Å². The van der Waals surface area contributed by atoms with Crippen molar-refractivity contribution in [2.45, 2.75) is 27.3 Å². The Kier molecular flexibility index (Phi) is 5.61. The lowest BCUT2D eigenvalue weighted by Crippen LogP contribution is -2.30. The quantitative estimate of drug-likeness (QED) is 0.479. The predicted octanol–water partition coefficient (Wildman–Crippen LogP) is 4.56. The molecule has 4 rings (SSSR count). The Labute approximate surface area is 188 Å². The summed E-state index contributed by atoms with van der Waals surface area (Å²) in [6.07, 6.45) is 1.77. The number of carbonyl (C=O) groups excluding carboxylic acids is 2. The standard InChI is InChI=1S/C26H28N4O2/c1-17-7-6-8-20(13-17)16-29-25(31)24(27-26(29)32)15-21-14-18(2)30(19(21)3)23-11-9-22(10-12-23)28(4)5/h6-15H,16H2,1-5H3,(H,27,32)/b24-15+. The van der Waals surface area contributed by atoms with Crippen LogP contribution in [0, 0.1) is 20.8 Å². The number of urea groups is 1. The highest BCUT2D eigenvalue weighted by Gasteiger charge is 2.33. The number of aryl methyl sites for hydroxylation is 2. The Balaban J connectivity index is 1.61. The van der Waals surface area contributed by atoms with Gasteiger partial charge < -0.3 is 14.8 Å². The second kappa shape index (κ2) is 8.38. The number of amides is 3. The van der Waals surface area contributed by atoms with Crippen LogP contribution in [0.3, 0.4) is 0 Å². The van der Waals surface area contributed by atoms with Gasteiger partial charge in [0.1, 0.15) is 5.70 Å². The van der Waals surface area contributed by atoms with Crippen LogP contribution in [0.1, 0.15) is 28.1 Å². The lowest BCUT2D eigenvalue weighted by atomic mass is 10.1. The summed E-state index contributed by atoms with van der Waals surface area (Å²) in [6.45, 7) is 6.30. The van der Waals surface area contributed by atoms with Crippen molar-refractivity contribution in [2.75, 3.05) is 19.0 Å². The van der Waals surface area contributed by atoms with E-state index in [-0.39, 0.29) is 12.5 Å². The minimum atomic E-state index is -0.393. The first-order valence-electron chi connectivity index (χ1n) is 10.6. The number of rotatable bonds is 5. The summed E-state index contributed by atoms with van der Waals surface area (Å²) in [5, 5.41) is 2.74. The normalized spacial score (nSPS) is 14.9. The summed E-state index contributed by atoms with van der Waals surface area (Å²) < 4.78 is 2.15. The zero-order valence-electron chi connectivity index (χ0n) is 19.1. The number of benzene rings is 2. The number of hydrogen-bond donors (Lipinski definition) is 1. The van der Waals surface area contributed by atoms with E-state index in [0.29, 0.717) is 5.70 Å². The number of anilines is 1. The first-order chi connectivity index (χ1) is 15.2. The van der Waals surface area contributed by atoms with E-state index >= 15 is 0 Å². The maximum Gasteiger partial charge on any atom is 0.329 e. The van der Waals surface area contributed by atoms with Crippen molar-refractivity contribution in [1.82, 2.24) is 14.8 Å². The van der Waals surface area contributed by atoms with E-state index in [1.807, 2.05) is 65.2 Å². The fourth-order valence-electron chi connectivity index (χ4n) is 4.09. The molecule has 1 aliphatic rings. The highest BCUT2D eigenvalue weighted by atomic mass is 16.2. The summed E-state index contributed by atoms with van der Waals surface area (Å²) in [4.78, 5) is 28.7. The summed E-state index contributed by atoms with van der Waals surface area (Å²) >= 11 is 0. The maximum absolute atomic E-state index is 12.9. The molecule has 0 radical (unpaired) electrons. The molecule has 0 unspecified atom stereocenters. The number of hydrogen-bond acceptors (Lipinski definition) is 3. The van der Waals surface area contributed by atoms with Crippen LogP contribution in [-0.2, 0) is 11.3 Å². The predicted molar refractivity (Wildman–Crippen MR) is 128 cm³/mol. The lowest BCUT2D eigenvalue weighted by Gasteiger charge is -2.15. The minimum Gasteiger partial charge on any atom is -0.378 e. The summed E-state index contributed by atoms with van der Waals surface area (Å²) in [5.74, 6) is -0.309. The second-order valence-electron chi connectivity index (χ2n) is 8.44. The first kappa shape index (κ1) is 21.4. The smallest absolute Gasteiger partial charge is 0.329 e. The van der Waals surface area contributed by atoms with Gasteiger partial charge in [0, 0.05) is 36.9 Å². The van der Waals surface area contributed by atoms with E-state index < -0.39 is 6.03 Å². The molecule has 3 aromatic rings. The minimum absolute atomic E-state index is 0.251.